The predicted molar refractivity (Wildman–Crippen MR) is 93.2 cm³/mol. The molecule has 0 atom stereocenters. The molecule has 114 valence electrons. The van der Waals surface area contributed by atoms with Crippen LogP contribution in [0.5, 0.6) is 0 Å². The lowest BCUT2D eigenvalue weighted by atomic mass is 10.0. The average Bonchev–Trinajstić information content (AvgIpc) is 2.86. The van der Waals surface area contributed by atoms with Gasteiger partial charge in [-0.15, -0.1) is 0 Å². The van der Waals surface area contributed by atoms with Crippen molar-refractivity contribution in [2.45, 2.75) is 19.9 Å². The van der Waals surface area contributed by atoms with Crippen molar-refractivity contribution in [3.8, 4) is 12.0 Å². The average molecular weight is 301 g/mol. The summed E-state index contributed by atoms with van der Waals surface area (Å²) in [6.45, 7) is 4.22. The lowest BCUT2D eigenvalue weighted by Gasteiger charge is -2.23. The maximum absolute atomic E-state index is 4.30. The molecule has 23 heavy (non-hydrogen) atoms. The fourth-order valence-corrected chi connectivity index (χ4v) is 3.28. The van der Waals surface area contributed by atoms with Crippen molar-refractivity contribution in [2.75, 3.05) is 13.6 Å². The molecular formula is C20H19N3. The Morgan fingerprint density at radius 1 is 1.17 bits per heavy atom. The molecule has 1 aliphatic rings. The molecule has 2 aromatic heterocycles. The third kappa shape index (κ3) is 2.52. The van der Waals surface area contributed by atoms with E-state index in [9.17, 15) is 0 Å². The van der Waals surface area contributed by atoms with Crippen molar-refractivity contribution in [2.24, 2.45) is 0 Å². The van der Waals surface area contributed by atoms with E-state index in [-0.39, 0.29) is 0 Å². The summed E-state index contributed by atoms with van der Waals surface area (Å²) in [5.41, 5.74) is 6.09. The molecule has 0 unspecified atom stereocenters. The molecular weight excluding hydrogens is 282 g/mol. The van der Waals surface area contributed by atoms with Gasteiger partial charge in [0.2, 0.25) is 0 Å². The Kier molecular flexibility index (Phi) is 3.40. The molecule has 0 aliphatic carbocycles. The molecule has 3 aromatic rings. The maximum atomic E-state index is 4.30. The molecule has 3 heteroatoms. The first kappa shape index (κ1) is 14.0. The molecule has 3 heterocycles. The smallest absolute Gasteiger partial charge is 0.114 e. The van der Waals surface area contributed by atoms with Crippen molar-refractivity contribution >= 4 is 10.9 Å². The quantitative estimate of drug-likeness (QED) is 0.595. The molecule has 1 aromatic carbocycles. The minimum absolute atomic E-state index is 0.808. The molecule has 0 N–H and O–H groups in total. The second-order valence-corrected chi connectivity index (χ2v) is 6.22. The topological polar surface area (TPSA) is 21.1 Å². The number of likely N-dealkylation sites (N-methyl/N-ethyl adjacent to an activating group) is 1. The summed E-state index contributed by atoms with van der Waals surface area (Å²) >= 11 is 0. The first-order chi connectivity index (χ1) is 11.2. The number of rotatable bonds is 0. The first-order valence-corrected chi connectivity index (χ1v) is 7.97. The lowest BCUT2D eigenvalue weighted by molar-refractivity contribution is 0.311. The van der Waals surface area contributed by atoms with E-state index < -0.39 is 0 Å². The Bertz CT molecular complexity index is 926. The van der Waals surface area contributed by atoms with Gasteiger partial charge in [-0.25, -0.2) is 4.98 Å². The Labute approximate surface area is 136 Å². The lowest BCUT2D eigenvalue weighted by Crippen LogP contribution is -2.27. The van der Waals surface area contributed by atoms with Crippen molar-refractivity contribution in [3.05, 3.63) is 65.1 Å². The summed E-state index contributed by atoms with van der Waals surface area (Å²) in [6, 6.07) is 15.8. The fraction of sp³-hybridized carbons (Fsp3) is 0.250. The second kappa shape index (κ2) is 5.57. The van der Waals surface area contributed by atoms with Crippen LogP contribution in [-0.2, 0) is 13.0 Å². The minimum Gasteiger partial charge on any atom is -0.302 e. The number of fused-ring (bicyclic) bond motifs is 3. The minimum atomic E-state index is 0.808. The van der Waals surface area contributed by atoms with Crippen molar-refractivity contribution in [1.82, 2.24) is 14.5 Å². The van der Waals surface area contributed by atoms with Gasteiger partial charge in [0, 0.05) is 42.8 Å². The predicted octanol–water partition coefficient (Wildman–Crippen LogP) is 3.19. The molecule has 0 saturated carbocycles. The van der Waals surface area contributed by atoms with E-state index in [2.05, 4.69) is 58.6 Å². The van der Waals surface area contributed by atoms with Gasteiger partial charge in [0.15, 0.2) is 0 Å². The molecule has 0 spiro atoms. The van der Waals surface area contributed by atoms with Gasteiger partial charge in [0.1, 0.15) is 5.69 Å². The monoisotopic (exact) mass is 301 g/mol. The number of benzene rings is 1. The number of nitrogens with zero attached hydrogens (tertiary/aromatic N) is 3. The van der Waals surface area contributed by atoms with E-state index in [1.54, 1.807) is 6.20 Å². The second-order valence-electron chi connectivity index (χ2n) is 6.22. The van der Waals surface area contributed by atoms with Crippen LogP contribution in [0.2, 0.25) is 0 Å². The van der Waals surface area contributed by atoms with Crippen LogP contribution in [0.1, 0.15) is 22.5 Å². The summed E-state index contributed by atoms with van der Waals surface area (Å²) in [7, 11) is 2.18. The molecule has 3 nitrogen and oxygen atoms in total. The molecule has 4 rings (SSSR count). The maximum Gasteiger partial charge on any atom is 0.114 e. The number of aryl methyl sites for hydroxylation is 1. The summed E-state index contributed by atoms with van der Waals surface area (Å²) in [5, 5.41) is 1.34. The Balaban J connectivity index is 1.91. The molecule has 0 fully saturated rings. The summed E-state index contributed by atoms with van der Waals surface area (Å²) in [5.74, 6) is 3.20. The Morgan fingerprint density at radius 2 is 2.09 bits per heavy atom. The summed E-state index contributed by atoms with van der Waals surface area (Å²) in [4.78, 5) is 6.68. The van der Waals surface area contributed by atoms with Crippen LogP contribution < -0.4 is 0 Å². The third-order valence-corrected chi connectivity index (χ3v) is 4.46. The molecule has 0 amide bonds. The van der Waals surface area contributed by atoms with Gasteiger partial charge in [0.25, 0.3) is 0 Å². The first-order valence-electron chi connectivity index (χ1n) is 7.97. The fourth-order valence-electron chi connectivity index (χ4n) is 3.28. The normalized spacial score (nSPS) is 14.3. The summed E-state index contributed by atoms with van der Waals surface area (Å²) in [6.07, 6.45) is 2.82. The molecule has 0 radical (unpaired) electrons. The number of aromatic nitrogens is 2. The van der Waals surface area contributed by atoms with Gasteiger partial charge in [-0.05, 0) is 49.7 Å². The highest BCUT2D eigenvalue weighted by Crippen LogP contribution is 2.30. The highest BCUT2D eigenvalue weighted by atomic mass is 15.1. The van der Waals surface area contributed by atoms with Crippen LogP contribution in [0.25, 0.3) is 10.9 Å². The zero-order valence-electron chi connectivity index (χ0n) is 13.5. The standard InChI is InChI=1S/C20H19N3/c1-15-6-7-19-17(13-15)18-14-22(2)11-9-20(18)23(19)12-8-16-5-3-4-10-21-16/h3-7,10,13H,9,11,14H2,1-2H3. The number of hydrogen-bond acceptors (Lipinski definition) is 2. The largest absolute Gasteiger partial charge is 0.302 e. The van der Waals surface area contributed by atoms with Crippen LogP contribution in [-0.4, -0.2) is 28.0 Å². The molecule has 1 aliphatic heterocycles. The van der Waals surface area contributed by atoms with E-state index in [1.165, 1.54) is 27.7 Å². The van der Waals surface area contributed by atoms with E-state index in [0.29, 0.717) is 0 Å². The SMILES string of the molecule is Cc1ccc2c(c1)c1c(n2C#Cc2ccccn2)CCN(C)C1. The zero-order chi connectivity index (χ0) is 15.8. The third-order valence-electron chi connectivity index (χ3n) is 4.46. The van der Waals surface area contributed by atoms with Crippen molar-refractivity contribution in [3.63, 3.8) is 0 Å². The van der Waals surface area contributed by atoms with Crippen LogP contribution in [0.4, 0.5) is 0 Å². The van der Waals surface area contributed by atoms with Gasteiger partial charge >= 0.3 is 0 Å². The molecule has 0 bridgehead atoms. The summed E-state index contributed by atoms with van der Waals surface area (Å²) < 4.78 is 2.17. The van der Waals surface area contributed by atoms with Crippen molar-refractivity contribution < 1.29 is 0 Å². The highest BCUT2D eigenvalue weighted by Gasteiger charge is 2.21. The van der Waals surface area contributed by atoms with E-state index in [1.807, 2.05) is 18.2 Å². The van der Waals surface area contributed by atoms with E-state index in [0.717, 1.165) is 25.2 Å². The van der Waals surface area contributed by atoms with E-state index >= 15 is 0 Å². The van der Waals surface area contributed by atoms with Crippen LogP contribution in [0.3, 0.4) is 0 Å². The van der Waals surface area contributed by atoms with Gasteiger partial charge in [-0.2, -0.15) is 0 Å². The Morgan fingerprint density at radius 3 is 2.91 bits per heavy atom. The highest BCUT2D eigenvalue weighted by molar-refractivity contribution is 5.87. The zero-order valence-corrected chi connectivity index (χ0v) is 13.5. The molecule has 0 saturated heterocycles. The van der Waals surface area contributed by atoms with Crippen LogP contribution in [0, 0.1) is 18.9 Å². The van der Waals surface area contributed by atoms with E-state index in [4.69, 9.17) is 0 Å². The van der Waals surface area contributed by atoms with Crippen LogP contribution in [0.15, 0.2) is 42.6 Å². The van der Waals surface area contributed by atoms with Crippen LogP contribution >= 0.6 is 0 Å². The van der Waals surface area contributed by atoms with Gasteiger partial charge in [0.05, 0.1) is 5.52 Å². The van der Waals surface area contributed by atoms with Gasteiger partial charge in [-0.3, -0.25) is 4.57 Å². The number of hydrogen-bond donors (Lipinski definition) is 0. The van der Waals surface area contributed by atoms with Gasteiger partial charge < -0.3 is 4.90 Å². The van der Waals surface area contributed by atoms with Gasteiger partial charge in [-0.1, -0.05) is 17.7 Å². The number of pyridine rings is 1. The van der Waals surface area contributed by atoms with Crippen molar-refractivity contribution in [1.29, 1.82) is 0 Å². The Hall–Kier alpha value is -2.57.